The number of nitrogens with zero attached hydrogens (tertiary/aromatic N) is 1. The third-order valence-electron chi connectivity index (χ3n) is 3.37. The Balaban J connectivity index is 2.26. The summed E-state index contributed by atoms with van der Waals surface area (Å²) in [5, 5.41) is -0.0491. The molecular weight excluding hydrogens is 367 g/mol. The summed E-state index contributed by atoms with van der Waals surface area (Å²) in [6.07, 6.45) is 1.50. The van der Waals surface area contributed by atoms with E-state index >= 15 is 0 Å². The zero-order valence-electron chi connectivity index (χ0n) is 11.5. The molecule has 1 aliphatic carbocycles. The number of hydrogen-bond acceptors (Lipinski definition) is 4. The van der Waals surface area contributed by atoms with Crippen molar-refractivity contribution in [2.75, 3.05) is 0 Å². The van der Waals surface area contributed by atoms with Crippen LogP contribution in [0.3, 0.4) is 0 Å². The van der Waals surface area contributed by atoms with E-state index in [0.717, 1.165) is 25.0 Å². The summed E-state index contributed by atoms with van der Waals surface area (Å²) in [7, 11) is -8.75. The Kier molecular flexibility index (Phi) is 3.91. The maximum atomic E-state index is 12.3. The van der Waals surface area contributed by atoms with Crippen molar-refractivity contribution in [3.8, 4) is 0 Å². The average molecular weight is 379 g/mol. The number of hydrogen-bond donors (Lipinski definition) is 3. The molecule has 0 amide bonds. The van der Waals surface area contributed by atoms with E-state index in [4.69, 9.17) is 11.6 Å². The normalized spacial score (nSPS) is 16.0. The maximum Gasteiger partial charge on any atom is 0.437 e. The molecular formula is C12H12ClN2O6PS. The zero-order chi connectivity index (χ0) is 17.0. The van der Waals surface area contributed by atoms with Crippen LogP contribution in [-0.2, 0) is 14.6 Å². The largest absolute Gasteiger partial charge is 0.437 e. The van der Waals surface area contributed by atoms with E-state index in [0.29, 0.717) is 4.34 Å². The molecule has 1 aromatic carbocycles. The highest BCUT2D eigenvalue weighted by Gasteiger charge is 2.30. The van der Waals surface area contributed by atoms with Crippen LogP contribution in [0.5, 0.6) is 0 Å². The molecule has 11 heteroatoms. The minimum absolute atomic E-state index is 0.115. The molecule has 124 valence electrons. The van der Waals surface area contributed by atoms with Gasteiger partial charge in [0.25, 0.3) is 5.56 Å². The van der Waals surface area contributed by atoms with E-state index in [1.165, 1.54) is 12.1 Å². The number of nitrogens with one attached hydrogen (secondary N) is 1. The SMILES string of the molecule is O=c1ccc2cc(S(=O)(=O)NC3CC3)c(Cl)cc2n1P(=O)(O)O. The number of halogens is 1. The standard InChI is InChI=1S/C12H12ClN2O6PS/c13-9-6-10-7(1-4-12(16)15(10)22(17,18)19)5-11(9)23(20,21)14-8-2-3-8/h1,4-6,8,14H,2-3H2,(H2,17,18,19). The second-order valence-electron chi connectivity index (χ2n) is 5.23. The van der Waals surface area contributed by atoms with Gasteiger partial charge in [0.2, 0.25) is 10.0 Å². The Morgan fingerprint density at radius 2 is 1.91 bits per heavy atom. The topological polar surface area (TPSA) is 126 Å². The van der Waals surface area contributed by atoms with Gasteiger partial charge in [0.1, 0.15) is 4.90 Å². The van der Waals surface area contributed by atoms with Crippen molar-refractivity contribution in [1.29, 1.82) is 0 Å². The Morgan fingerprint density at radius 3 is 2.48 bits per heavy atom. The Morgan fingerprint density at radius 1 is 1.26 bits per heavy atom. The molecule has 8 nitrogen and oxygen atoms in total. The molecule has 2 aromatic rings. The van der Waals surface area contributed by atoms with Crippen LogP contribution in [0, 0.1) is 0 Å². The highest BCUT2D eigenvalue weighted by molar-refractivity contribution is 7.89. The predicted octanol–water partition coefficient (Wildman–Crippen LogP) is 1.04. The van der Waals surface area contributed by atoms with Gasteiger partial charge in [-0.15, -0.1) is 0 Å². The van der Waals surface area contributed by atoms with Gasteiger partial charge in [0.05, 0.1) is 10.5 Å². The number of aromatic nitrogens is 1. The first-order chi connectivity index (χ1) is 10.6. The van der Waals surface area contributed by atoms with Gasteiger partial charge in [-0.1, -0.05) is 11.6 Å². The molecule has 0 aliphatic heterocycles. The number of benzene rings is 1. The molecule has 0 unspecified atom stereocenters. The summed E-state index contributed by atoms with van der Waals surface area (Å²) >= 11 is 5.98. The van der Waals surface area contributed by atoms with Crippen LogP contribution in [0.1, 0.15) is 12.8 Å². The fourth-order valence-electron chi connectivity index (χ4n) is 2.18. The zero-order valence-corrected chi connectivity index (χ0v) is 14.0. The molecule has 23 heavy (non-hydrogen) atoms. The Labute approximate surface area is 136 Å². The summed E-state index contributed by atoms with van der Waals surface area (Å²) < 4.78 is 38.8. The van der Waals surface area contributed by atoms with Crippen LogP contribution in [0.4, 0.5) is 0 Å². The maximum absolute atomic E-state index is 12.3. The third kappa shape index (κ3) is 3.21. The second-order valence-corrected chi connectivity index (χ2v) is 8.75. The molecule has 0 radical (unpaired) electrons. The molecule has 0 saturated heterocycles. The van der Waals surface area contributed by atoms with Crippen molar-refractivity contribution in [3.05, 3.63) is 39.6 Å². The van der Waals surface area contributed by atoms with E-state index in [9.17, 15) is 27.6 Å². The molecule has 1 saturated carbocycles. The molecule has 1 aliphatic rings. The fraction of sp³-hybridized carbons (Fsp3) is 0.250. The first-order valence-electron chi connectivity index (χ1n) is 6.54. The number of sulfonamides is 1. The smallest absolute Gasteiger partial charge is 0.308 e. The van der Waals surface area contributed by atoms with Gasteiger partial charge in [-0.3, -0.25) is 4.79 Å². The van der Waals surface area contributed by atoms with E-state index < -0.39 is 23.3 Å². The highest BCUT2D eigenvalue weighted by atomic mass is 35.5. The molecule has 1 heterocycles. The fourth-order valence-corrected chi connectivity index (χ4v) is 4.82. The summed E-state index contributed by atoms with van der Waals surface area (Å²) in [5.74, 6) is 0. The number of pyridine rings is 1. The summed E-state index contributed by atoms with van der Waals surface area (Å²) in [5.41, 5.74) is -1.05. The molecule has 0 bridgehead atoms. The van der Waals surface area contributed by atoms with Crippen LogP contribution in [-0.4, -0.2) is 28.6 Å². The highest BCUT2D eigenvalue weighted by Crippen LogP contribution is 2.39. The second kappa shape index (κ2) is 5.41. The van der Waals surface area contributed by atoms with Gasteiger partial charge in [0.15, 0.2) is 0 Å². The van der Waals surface area contributed by atoms with Crippen molar-refractivity contribution in [3.63, 3.8) is 0 Å². The summed E-state index contributed by atoms with van der Waals surface area (Å²) in [4.78, 5) is 30.2. The van der Waals surface area contributed by atoms with Crippen LogP contribution >= 0.6 is 19.3 Å². The molecule has 1 fully saturated rings. The lowest BCUT2D eigenvalue weighted by Gasteiger charge is -2.13. The molecule has 3 rings (SSSR count). The third-order valence-corrected chi connectivity index (χ3v) is 6.29. The van der Waals surface area contributed by atoms with Crippen molar-refractivity contribution in [2.45, 2.75) is 23.8 Å². The Bertz CT molecular complexity index is 1010. The molecule has 1 aromatic heterocycles. The summed E-state index contributed by atoms with van der Waals surface area (Å²) in [6.45, 7) is 0. The van der Waals surface area contributed by atoms with Crippen LogP contribution in [0.2, 0.25) is 5.02 Å². The first-order valence-corrected chi connectivity index (χ1v) is 9.96. The lowest BCUT2D eigenvalue weighted by atomic mass is 10.2. The van der Waals surface area contributed by atoms with Gasteiger partial charge < -0.3 is 9.79 Å². The van der Waals surface area contributed by atoms with Crippen molar-refractivity contribution in [1.82, 2.24) is 9.06 Å². The van der Waals surface area contributed by atoms with Gasteiger partial charge in [-0.05, 0) is 31.0 Å². The van der Waals surface area contributed by atoms with Crippen LogP contribution in [0.15, 0.2) is 34.0 Å². The van der Waals surface area contributed by atoms with Crippen LogP contribution in [0.25, 0.3) is 10.9 Å². The monoisotopic (exact) mass is 378 g/mol. The quantitative estimate of drug-likeness (QED) is 0.682. The minimum atomic E-state index is -4.91. The molecule has 3 N–H and O–H groups in total. The Hall–Kier alpha value is -1.22. The van der Waals surface area contributed by atoms with E-state index in [2.05, 4.69) is 4.72 Å². The average Bonchev–Trinajstić information content (AvgIpc) is 3.19. The minimum Gasteiger partial charge on any atom is -0.308 e. The van der Waals surface area contributed by atoms with Gasteiger partial charge in [0, 0.05) is 17.5 Å². The van der Waals surface area contributed by atoms with E-state index in [1.807, 2.05) is 0 Å². The van der Waals surface area contributed by atoms with Gasteiger partial charge in [-0.2, -0.15) is 0 Å². The van der Waals surface area contributed by atoms with E-state index in [-0.39, 0.29) is 26.9 Å². The first kappa shape index (κ1) is 16.6. The summed E-state index contributed by atoms with van der Waals surface area (Å²) in [6, 6.07) is 4.39. The lowest BCUT2D eigenvalue weighted by Crippen LogP contribution is -2.26. The number of fused-ring (bicyclic) bond motifs is 1. The van der Waals surface area contributed by atoms with Crippen molar-refractivity contribution >= 4 is 40.3 Å². The van der Waals surface area contributed by atoms with Crippen molar-refractivity contribution in [2.24, 2.45) is 0 Å². The molecule has 0 spiro atoms. The molecule has 0 atom stereocenters. The lowest BCUT2D eigenvalue weighted by molar-refractivity contribution is 0.361. The van der Waals surface area contributed by atoms with Crippen LogP contribution < -0.4 is 10.3 Å². The van der Waals surface area contributed by atoms with Crippen molar-refractivity contribution < 1.29 is 22.8 Å². The van der Waals surface area contributed by atoms with E-state index in [1.54, 1.807) is 0 Å². The predicted molar refractivity (Wildman–Crippen MR) is 84.0 cm³/mol. The van der Waals surface area contributed by atoms with Gasteiger partial charge in [-0.25, -0.2) is 22.0 Å². The number of rotatable bonds is 4. The van der Waals surface area contributed by atoms with Gasteiger partial charge >= 0.3 is 7.75 Å².